The van der Waals surface area contributed by atoms with Gasteiger partial charge < -0.3 is 0 Å². The normalized spacial score (nSPS) is 11.1. The highest BCUT2D eigenvalue weighted by molar-refractivity contribution is 7.87. The van der Waals surface area contributed by atoms with Crippen LogP contribution in [0, 0.1) is 6.92 Å². The summed E-state index contributed by atoms with van der Waals surface area (Å²) in [6, 6.07) is 40.7. The summed E-state index contributed by atoms with van der Waals surface area (Å²) in [4.78, 5) is 0. The molecule has 0 heterocycles. The van der Waals surface area contributed by atoms with Crippen molar-refractivity contribution in [3.8, 4) is 0 Å². The minimum atomic E-state index is -2.17. The SMILES string of the molecule is Cc1cccc(N=P(c2ccccc2)(c2ccccc2)c2ccccc2)c1. The summed E-state index contributed by atoms with van der Waals surface area (Å²) in [5.74, 6) is 0. The van der Waals surface area contributed by atoms with Crippen molar-refractivity contribution in [2.24, 2.45) is 4.74 Å². The van der Waals surface area contributed by atoms with E-state index in [1.54, 1.807) is 0 Å². The van der Waals surface area contributed by atoms with E-state index < -0.39 is 7.05 Å². The second-order valence-electron chi connectivity index (χ2n) is 6.58. The number of hydrogen-bond acceptors (Lipinski definition) is 1. The van der Waals surface area contributed by atoms with Crippen molar-refractivity contribution < 1.29 is 0 Å². The van der Waals surface area contributed by atoms with Crippen LogP contribution in [0.3, 0.4) is 0 Å². The van der Waals surface area contributed by atoms with E-state index in [2.05, 4.69) is 122 Å². The lowest BCUT2D eigenvalue weighted by Crippen LogP contribution is -2.25. The minimum Gasteiger partial charge on any atom is -0.254 e. The Balaban J connectivity index is 2.13. The highest BCUT2D eigenvalue weighted by Gasteiger charge is 2.27. The van der Waals surface area contributed by atoms with Gasteiger partial charge in [0, 0.05) is 15.9 Å². The molecule has 0 radical (unpaired) electrons. The van der Waals surface area contributed by atoms with Crippen LogP contribution in [0.2, 0.25) is 0 Å². The Morgan fingerprint density at radius 3 is 1.37 bits per heavy atom. The van der Waals surface area contributed by atoms with Crippen LogP contribution in [-0.2, 0) is 0 Å². The van der Waals surface area contributed by atoms with Gasteiger partial charge in [0.25, 0.3) is 0 Å². The predicted octanol–water partition coefficient (Wildman–Crippen LogP) is 5.80. The van der Waals surface area contributed by atoms with Gasteiger partial charge in [-0.25, -0.2) is 0 Å². The molecule has 27 heavy (non-hydrogen) atoms. The second kappa shape index (κ2) is 7.78. The van der Waals surface area contributed by atoms with Crippen LogP contribution in [0.1, 0.15) is 5.56 Å². The van der Waals surface area contributed by atoms with E-state index in [-0.39, 0.29) is 0 Å². The molecule has 2 heteroatoms. The molecule has 0 amide bonds. The Morgan fingerprint density at radius 2 is 0.963 bits per heavy atom. The van der Waals surface area contributed by atoms with Gasteiger partial charge in [-0.3, -0.25) is 4.74 Å². The first kappa shape index (κ1) is 17.5. The Morgan fingerprint density at radius 1 is 0.519 bits per heavy atom. The molecule has 0 aliphatic heterocycles. The van der Waals surface area contributed by atoms with E-state index in [4.69, 9.17) is 4.74 Å². The molecule has 0 aliphatic carbocycles. The summed E-state index contributed by atoms with van der Waals surface area (Å²) in [7, 11) is -2.17. The van der Waals surface area contributed by atoms with Crippen molar-refractivity contribution in [1.82, 2.24) is 0 Å². The lowest BCUT2D eigenvalue weighted by Gasteiger charge is -2.27. The van der Waals surface area contributed by atoms with E-state index in [1.165, 1.54) is 21.5 Å². The van der Waals surface area contributed by atoms with Gasteiger partial charge >= 0.3 is 0 Å². The molecule has 132 valence electrons. The first-order valence-electron chi connectivity index (χ1n) is 9.15. The second-order valence-corrected chi connectivity index (χ2v) is 9.60. The smallest absolute Gasteiger partial charge is 0.0627 e. The third kappa shape index (κ3) is 3.52. The van der Waals surface area contributed by atoms with Gasteiger partial charge in [0.05, 0.1) is 12.7 Å². The molecule has 0 atom stereocenters. The molecular weight excluding hydrogens is 345 g/mol. The van der Waals surface area contributed by atoms with Crippen molar-refractivity contribution >= 4 is 28.7 Å². The van der Waals surface area contributed by atoms with Crippen LogP contribution >= 0.6 is 7.05 Å². The first-order valence-corrected chi connectivity index (χ1v) is 10.9. The van der Waals surface area contributed by atoms with Crippen LogP contribution < -0.4 is 15.9 Å². The Labute approximate surface area is 161 Å². The average molecular weight is 367 g/mol. The summed E-state index contributed by atoms with van der Waals surface area (Å²) in [5.41, 5.74) is 2.25. The van der Waals surface area contributed by atoms with E-state index in [0.717, 1.165) is 5.69 Å². The van der Waals surface area contributed by atoms with Crippen LogP contribution in [-0.4, -0.2) is 0 Å². The summed E-state index contributed by atoms with van der Waals surface area (Å²) in [6.07, 6.45) is 0. The zero-order chi connectivity index (χ0) is 18.5. The Hall–Kier alpha value is -2.89. The summed E-state index contributed by atoms with van der Waals surface area (Å²) < 4.78 is 5.47. The lowest BCUT2D eigenvalue weighted by atomic mass is 10.2. The van der Waals surface area contributed by atoms with Crippen molar-refractivity contribution in [3.63, 3.8) is 0 Å². The minimum absolute atomic E-state index is 1.03. The highest BCUT2D eigenvalue weighted by Crippen LogP contribution is 2.49. The molecule has 0 bridgehead atoms. The molecule has 4 aromatic rings. The predicted molar refractivity (Wildman–Crippen MR) is 118 cm³/mol. The average Bonchev–Trinajstić information content (AvgIpc) is 2.74. The van der Waals surface area contributed by atoms with E-state index >= 15 is 0 Å². The molecule has 0 aromatic heterocycles. The molecule has 4 aromatic carbocycles. The summed E-state index contributed by atoms with van der Waals surface area (Å²) >= 11 is 0. The van der Waals surface area contributed by atoms with E-state index in [9.17, 15) is 0 Å². The maximum absolute atomic E-state index is 5.47. The fraction of sp³-hybridized carbons (Fsp3) is 0.0400. The van der Waals surface area contributed by atoms with Gasteiger partial charge in [-0.2, -0.15) is 0 Å². The molecule has 0 spiro atoms. The van der Waals surface area contributed by atoms with E-state index in [0.29, 0.717) is 0 Å². The summed E-state index contributed by atoms with van der Waals surface area (Å²) in [5, 5.41) is 3.80. The largest absolute Gasteiger partial charge is 0.254 e. The first-order chi connectivity index (χ1) is 13.3. The van der Waals surface area contributed by atoms with Crippen LogP contribution in [0.5, 0.6) is 0 Å². The molecule has 0 saturated carbocycles. The molecule has 0 N–H and O–H groups in total. The lowest BCUT2D eigenvalue weighted by molar-refractivity contribution is 1.44. The third-order valence-electron chi connectivity index (χ3n) is 4.66. The molecule has 0 aliphatic rings. The van der Waals surface area contributed by atoms with Gasteiger partial charge in [0.15, 0.2) is 0 Å². The maximum Gasteiger partial charge on any atom is 0.0627 e. The highest BCUT2D eigenvalue weighted by atomic mass is 31.2. The fourth-order valence-electron chi connectivity index (χ4n) is 3.41. The van der Waals surface area contributed by atoms with Gasteiger partial charge in [0.2, 0.25) is 0 Å². The van der Waals surface area contributed by atoms with Crippen molar-refractivity contribution in [3.05, 3.63) is 121 Å². The van der Waals surface area contributed by atoms with Crippen LogP contribution in [0.15, 0.2) is 120 Å². The summed E-state index contributed by atoms with van der Waals surface area (Å²) in [6.45, 7) is 2.12. The monoisotopic (exact) mass is 367 g/mol. The molecule has 4 rings (SSSR count). The fourth-order valence-corrected chi connectivity index (χ4v) is 6.94. The van der Waals surface area contributed by atoms with E-state index in [1.807, 2.05) is 0 Å². The van der Waals surface area contributed by atoms with Gasteiger partial charge in [-0.05, 0) is 24.6 Å². The number of aryl methyl sites for hydroxylation is 1. The maximum atomic E-state index is 5.47. The standard InChI is InChI=1S/C25H22NP/c1-21-12-11-13-22(20-21)26-27(23-14-5-2-6-15-23,24-16-7-3-8-17-24)25-18-9-4-10-19-25/h2-20H,1H3. The van der Waals surface area contributed by atoms with Crippen LogP contribution in [0.4, 0.5) is 5.69 Å². The molecule has 1 nitrogen and oxygen atoms in total. The molecule has 0 fully saturated rings. The van der Waals surface area contributed by atoms with Gasteiger partial charge in [-0.15, -0.1) is 0 Å². The van der Waals surface area contributed by atoms with Crippen molar-refractivity contribution in [2.45, 2.75) is 6.92 Å². The number of nitrogens with zero attached hydrogens (tertiary/aromatic N) is 1. The third-order valence-corrected chi connectivity index (χ3v) is 8.32. The van der Waals surface area contributed by atoms with Crippen molar-refractivity contribution in [2.75, 3.05) is 0 Å². The number of benzene rings is 4. The van der Waals surface area contributed by atoms with Gasteiger partial charge in [0.1, 0.15) is 0 Å². The number of hydrogen-bond donors (Lipinski definition) is 0. The quantitative estimate of drug-likeness (QED) is 0.404. The van der Waals surface area contributed by atoms with Crippen LogP contribution in [0.25, 0.3) is 0 Å². The Kier molecular flexibility index (Phi) is 5.05. The molecule has 0 unspecified atom stereocenters. The molecular formula is C25H22NP. The topological polar surface area (TPSA) is 12.4 Å². The zero-order valence-corrected chi connectivity index (χ0v) is 16.3. The number of rotatable bonds is 4. The Bertz CT molecular complexity index is 967. The zero-order valence-electron chi connectivity index (χ0n) is 15.4. The molecule has 0 saturated heterocycles. The van der Waals surface area contributed by atoms with Crippen molar-refractivity contribution in [1.29, 1.82) is 0 Å². The van der Waals surface area contributed by atoms with Gasteiger partial charge in [-0.1, -0.05) is 103 Å².